The molecule has 0 saturated heterocycles. The lowest BCUT2D eigenvalue weighted by Gasteiger charge is -2.10. The van der Waals surface area contributed by atoms with Gasteiger partial charge in [-0.1, -0.05) is 18.3 Å². The maximum Gasteiger partial charge on any atom is 0.264 e. The van der Waals surface area contributed by atoms with Crippen molar-refractivity contribution in [2.45, 2.75) is 18.7 Å². The summed E-state index contributed by atoms with van der Waals surface area (Å²) < 4.78 is 40.8. The zero-order chi connectivity index (χ0) is 15.8. The summed E-state index contributed by atoms with van der Waals surface area (Å²) in [6.45, 7) is 3.60. The number of hydrogen-bond acceptors (Lipinski definition) is 5. The van der Waals surface area contributed by atoms with Gasteiger partial charge in [0.15, 0.2) is 5.13 Å². The number of nitrogens with two attached hydrogens (primary N) is 1. The zero-order valence-electron chi connectivity index (χ0n) is 11.2. The fourth-order valence-electron chi connectivity index (χ4n) is 1.65. The SMILES string of the molecule is Cc1nc(NS(=O)(=O)c2cccc(F)c2C(N)=S)sc1C. The van der Waals surface area contributed by atoms with Crippen LogP contribution in [-0.4, -0.2) is 18.4 Å². The van der Waals surface area contributed by atoms with Crippen LogP contribution in [0.25, 0.3) is 0 Å². The second kappa shape index (κ2) is 5.66. The highest BCUT2D eigenvalue weighted by Gasteiger charge is 2.24. The van der Waals surface area contributed by atoms with E-state index in [1.165, 1.54) is 23.5 Å². The van der Waals surface area contributed by atoms with Crippen molar-refractivity contribution in [3.05, 3.63) is 40.2 Å². The van der Waals surface area contributed by atoms with Gasteiger partial charge in [-0.3, -0.25) is 4.72 Å². The van der Waals surface area contributed by atoms with E-state index in [0.29, 0.717) is 0 Å². The standard InChI is InChI=1S/C12H12FN3O2S3/c1-6-7(2)20-12(15-6)16-21(17,18)9-5-3-4-8(13)10(9)11(14)19/h3-5H,1-2H3,(H2,14,19)(H,15,16). The molecule has 1 heterocycles. The number of aryl methyl sites for hydroxylation is 2. The van der Waals surface area contributed by atoms with Crippen LogP contribution < -0.4 is 10.5 Å². The number of thiazole rings is 1. The molecule has 0 unspecified atom stereocenters. The van der Waals surface area contributed by atoms with Gasteiger partial charge in [-0.25, -0.2) is 17.8 Å². The number of thiocarbonyl (C=S) groups is 1. The van der Waals surface area contributed by atoms with Crippen LogP contribution in [0.4, 0.5) is 9.52 Å². The van der Waals surface area contributed by atoms with E-state index in [-0.39, 0.29) is 20.6 Å². The predicted molar refractivity (Wildman–Crippen MR) is 84.7 cm³/mol. The molecule has 21 heavy (non-hydrogen) atoms. The second-order valence-electron chi connectivity index (χ2n) is 4.24. The van der Waals surface area contributed by atoms with E-state index in [0.717, 1.165) is 16.6 Å². The predicted octanol–water partition coefficient (Wildman–Crippen LogP) is 2.33. The van der Waals surface area contributed by atoms with Gasteiger partial charge >= 0.3 is 0 Å². The molecule has 0 saturated carbocycles. The van der Waals surface area contributed by atoms with Crippen LogP contribution in [0.15, 0.2) is 23.1 Å². The molecule has 0 spiro atoms. The van der Waals surface area contributed by atoms with Gasteiger partial charge < -0.3 is 5.73 Å². The van der Waals surface area contributed by atoms with Gasteiger partial charge in [0, 0.05) is 4.88 Å². The molecule has 0 amide bonds. The van der Waals surface area contributed by atoms with Gasteiger partial charge in [0.1, 0.15) is 15.7 Å². The Kier molecular flexibility index (Phi) is 4.26. The number of benzene rings is 1. The number of sulfonamides is 1. The van der Waals surface area contributed by atoms with E-state index in [9.17, 15) is 12.8 Å². The highest BCUT2D eigenvalue weighted by atomic mass is 32.2. The molecule has 0 radical (unpaired) electrons. The number of anilines is 1. The number of nitrogens with zero attached hydrogens (tertiary/aromatic N) is 1. The Morgan fingerprint density at radius 3 is 2.62 bits per heavy atom. The minimum atomic E-state index is -4.02. The summed E-state index contributed by atoms with van der Waals surface area (Å²) in [5.74, 6) is -0.781. The summed E-state index contributed by atoms with van der Waals surface area (Å²) in [6.07, 6.45) is 0. The molecule has 1 aromatic heterocycles. The van der Waals surface area contributed by atoms with Gasteiger partial charge in [-0.05, 0) is 26.0 Å². The highest BCUT2D eigenvalue weighted by Crippen LogP contribution is 2.26. The van der Waals surface area contributed by atoms with E-state index < -0.39 is 15.8 Å². The van der Waals surface area contributed by atoms with Gasteiger partial charge in [0.05, 0.1) is 11.3 Å². The molecule has 0 aliphatic rings. The van der Waals surface area contributed by atoms with E-state index in [4.69, 9.17) is 18.0 Å². The molecule has 3 N–H and O–H groups in total. The summed E-state index contributed by atoms with van der Waals surface area (Å²) in [5, 5.41) is 0.211. The quantitative estimate of drug-likeness (QED) is 0.831. The van der Waals surface area contributed by atoms with E-state index in [1.807, 2.05) is 6.92 Å². The van der Waals surface area contributed by atoms with Crippen LogP contribution in [0.1, 0.15) is 16.1 Å². The third-order valence-electron chi connectivity index (χ3n) is 2.76. The summed E-state index contributed by atoms with van der Waals surface area (Å²) in [4.78, 5) is 4.35. The van der Waals surface area contributed by atoms with Crippen molar-refractivity contribution >= 4 is 43.7 Å². The third-order valence-corrected chi connectivity index (χ3v) is 5.46. The fourth-order valence-corrected chi connectivity index (χ4v) is 4.21. The molecule has 1 aromatic carbocycles. The van der Waals surface area contributed by atoms with Crippen LogP contribution in [0, 0.1) is 19.7 Å². The summed E-state index contributed by atoms with van der Waals surface area (Å²) in [6, 6.07) is 3.63. The second-order valence-corrected chi connectivity index (χ2v) is 7.54. The van der Waals surface area contributed by atoms with Crippen molar-refractivity contribution < 1.29 is 12.8 Å². The molecule has 2 aromatic rings. The Bertz CT molecular complexity index is 796. The Morgan fingerprint density at radius 1 is 1.43 bits per heavy atom. The van der Waals surface area contributed by atoms with Crippen LogP contribution in [-0.2, 0) is 10.0 Å². The van der Waals surface area contributed by atoms with Crippen molar-refractivity contribution in [2.24, 2.45) is 5.73 Å². The molecule has 0 aliphatic heterocycles. The first kappa shape index (κ1) is 15.8. The molecular formula is C12H12FN3O2S3. The number of aromatic nitrogens is 1. The van der Waals surface area contributed by atoms with Crippen molar-refractivity contribution in [3.8, 4) is 0 Å². The first-order valence-corrected chi connectivity index (χ1v) is 8.48. The number of halogens is 1. The molecule has 0 fully saturated rings. The molecule has 2 rings (SSSR count). The lowest BCUT2D eigenvalue weighted by molar-refractivity contribution is 0.594. The molecular weight excluding hydrogens is 333 g/mol. The summed E-state index contributed by atoms with van der Waals surface area (Å²) in [7, 11) is -4.02. The van der Waals surface area contributed by atoms with E-state index >= 15 is 0 Å². The number of rotatable bonds is 4. The normalized spacial score (nSPS) is 11.4. The Balaban J connectivity index is 2.50. The van der Waals surface area contributed by atoms with Crippen LogP contribution in [0.5, 0.6) is 0 Å². The van der Waals surface area contributed by atoms with Crippen molar-refractivity contribution in [2.75, 3.05) is 4.72 Å². The minimum Gasteiger partial charge on any atom is -0.389 e. The maximum atomic E-state index is 13.8. The van der Waals surface area contributed by atoms with E-state index in [2.05, 4.69) is 9.71 Å². The van der Waals surface area contributed by atoms with Crippen molar-refractivity contribution in [3.63, 3.8) is 0 Å². The zero-order valence-corrected chi connectivity index (χ0v) is 13.6. The Hall–Kier alpha value is -1.58. The summed E-state index contributed by atoms with van der Waals surface area (Å²) in [5.41, 5.74) is 5.85. The topological polar surface area (TPSA) is 85.1 Å². The molecule has 0 atom stereocenters. The van der Waals surface area contributed by atoms with Crippen molar-refractivity contribution in [1.82, 2.24) is 4.98 Å². The average Bonchev–Trinajstić information content (AvgIpc) is 2.66. The van der Waals surface area contributed by atoms with E-state index in [1.54, 1.807) is 6.92 Å². The van der Waals surface area contributed by atoms with Gasteiger partial charge in [0.2, 0.25) is 0 Å². The third kappa shape index (κ3) is 3.20. The largest absolute Gasteiger partial charge is 0.389 e. The molecule has 5 nitrogen and oxygen atoms in total. The molecule has 0 bridgehead atoms. The Labute approximate surface area is 131 Å². The van der Waals surface area contributed by atoms with Crippen LogP contribution in [0.3, 0.4) is 0 Å². The van der Waals surface area contributed by atoms with Gasteiger partial charge in [0.25, 0.3) is 10.0 Å². The van der Waals surface area contributed by atoms with Crippen molar-refractivity contribution in [1.29, 1.82) is 0 Å². The molecule has 0 aliphatic carbocycles. The number of hydrogen-bond donors (Lipinski definition) is 2. The van der Waals surface area contributed by atoms with Gasteiger partial charge in [-0.2, -0.15) is 0 Å². The minimum absolute atomic E-state index is 0.211. The fraction of sp³-hybridized carbons (Fsp3) is 0.167. The lowest BCUT2D eigenvalue weighted by atomic mass is 10.2. The first-order chi connectivity index (χ1) is 9.72. The molecule has 112 valence electrons. The van der Waals surface area contributed by atoms with Crippen LogP contribution in [0.2, 0.25) is 0 Å². The smallest absolute Gasteiger partial charge is 0.264 e. The average molecular weight is 345 g/mol. The molecule has 9 heteroatoms. The van der Waals surface area contributed by atoms with Crippen LogP contribution >= 0.6 is 23.6 Å². The highest BCUT2D eigenvalue weighted by molar-refractivity contribution is 7.93. The summed E-state index contributed by atoms with van der Waals surface area (Å²) >= 11 is 5.92. The maximum absolute atomic E-state index is 13.8. The number of nitrogens with one attached hydrogen (secondary N) is 1. The monoisotopic (exact) mass is 345 g/mol. The van der Waals surface area contributed by atoms with Gasteiger partial charge in [-0.15, -0.1) is 11.3 Å². The first-order valence-electron chi connectivity index (χ1n) is 5.77. The lowest BCUT2D eigenvalue weighted by Crippen LogP contribution is -2.21. The Morgan fingerprint density at radius 2 is 2.10 bits per heavy atom.